The molecule has 0 unspecified atom stereocenters. The van der Waals surface area contributed by atoms with Gasteiger partial charge in [0.15, 0.2) is 5.69 Å². The molecule has 0 bridgehead atoms. The van der Waals surface area contributed by atoms with Crippen LogP contribution in [-0.4, -0.2) is 25.6 Å². The van der Waals surface area contributed by atoms with Gasteiger partial charge in [-0.25, -0.2) is 9.78 Å². The normalized spacial score (nSPS) is 8.75. The van der Waals surface area contributed by atoms with Gasteiger partial charge in [0.1, 0.15) is 0 Å². The molecule has 5 nitrogen and oxygen atoms in total. The SMILES string of the molecule is Cl.Cl.O=C(O)c1cncn1-c1ccncc1. The Labute approximate surface area is 104 Å². The molecule has 0 radical (unpaired) electrons. The molecule has 2 rings (SSSR count). The van der Waals surface area contributed by atoms with E-state index in [-0.39, 0.29) is 30.5 Å². The topological polar surface area (TPSA) is 68.0 Å². The van der Waals surface area contributed by atoms with Crippen molar-refractivity contribution in [2.75, 3.05) is 0 Å². The zero-order valence-corrected chi connectivity index (χ0v) is 9.61. The van der Waals surface area contributed by atoms with E-state index in [1.807, 2.05) is 0 Å². The monoisotopic (exact) mass is 261 g/mol. The molecule has 0 spiro atoms. The smallest absolute Gasteiger partial charge is 0.354 e. The van der Waals surface area contributed by atoms with Gasteiger partial charge in [-0.1, -0.05) is 0 Å². The fraction of sp³-hybridized carbons (Fsp3) is 0. The number of hydrogen-bond acceptors (Lipinski definition) is 3. The van der Waals surface area contributed by atoms with Gasteiger partial charge in [0.05, 0.1) is 18.2 Å². The van der Waals surface area contributed by atoms with Crippen LogP contribution in [0.15, 0.2) is 37.1 Å². The second-order valence-corrected chi connectivity index (χ2v) is 2.66. The second kappa shape index (κ2) is 6.09. The molecule has 0 amide bonds. The van der Waals surface area contributed by atoms with E-state index in [0.717, 1.165) is 5.69 Å². The summed E-state index contributed by atoms with van der Waals surface area (Å²) in [7, 11) is 0. The van der Waals surface area contributed by atoms with Gasteiger partial charge in [-0.15, -0.1) is 24.8 Å². The average Bonchev–Trinajstić information content (AvgIpc) is 2.67. The molecule has 2 heterocycles. The summed E-state index contributed by atoms with van der Waals surface area (Å²) in [6.45, 7) is 0. The van der Waals surface area contributed by atoms with Crippen LogP contribution in [0.25, 0.3) is 5.69 Å². The summed E-state index contributed by atoms with van der Waals surface area (Å²) in [4.78, 5) is 18.4. The Morgan fingerprint density at radius 3 is 2.38 bits per heavy atom. The Morgan fingerprint density at radius 1 is 1.19 bits per heavy atom. The number of carboxylic acids is 1. The van der Waals surface area contributed by atoms with Crippen molar-refractivity contribution < 1.29 is 9.90 Å². The number of hydrogen-bond donors (Lipinski definition) is 1. The van der Waals surface area contributed by atoms with E-state index in [1.165, 1.54) is 17.1 Å². The fourth-order valence-electron chi connectivity index (χ4n) is 1.16. The van der Waals surface area contributed by atoms with Crippen molar-refractivity contribution >= 4 is 30.8 Å². The Bertz CT molecular complexity index is 459. The van der Waals surface area contributed by atoms with Gasteiger partial charge in [0.2, 0.25) is 0 Å². The standard InChI is InChI=1S/C9H7N3O2.2ClH/c13-9(14)8-5-11-6-12(8)7-1-3-10-4-2-7;;/h1-6H,(H,13,14);2*1H. The highest BCUT2D eigenvalue weighted by atomic mass is 35.5. The number of carboxylic acid groups (broad SMARTS) is 1. The second-order valence-electron chi connectivity index (χ2n) is 2.66. The van der Waals surface area contributed by atoms with E-state index in [1.54, 1.807) is 24.5 Å². The fourth-order valence-corrected chi connectivity index (χ4v) is 1.16. The summed E-state index contributed by atoms with van der Waals surface area (Å²) in [5, 5.41) is 8.84. The zero-order valence-electron chi connectivity index (χ0n) is 7.98. The molecule has 1 N–H and O–H groups in total. The number of pyridine rings is 1. The van der Waals surface area contributed by atoms with Crippen LogP contribution in [0.4, 0.5) is 0 Å². The van der Waals surface area contributed by atoms with Crippen LogP contribution in [0.3, 0.4) is 0 Å². The third-order valence-corrected chi connectivity index (χ3v) is 1.80. The van der Waals surface area contributed by atoms with Crippen LogP contribution in [0.5, 0.6) is 0 Å². The van der Waals surface area contributed by atoms with E-state index in [2.05, 4.69) is 9.97 Å². The van der Waals surface area contributed by atoms with Gasteiger partial charge >= 0.3 is 5.97 Å². The van der Waals surface area contributed by atoms with Gasteiger partial charge in [0.25, 0.3) is 0 Å². The Morgan fingerprint density at radius 2 is 1.81 bits per heavy atom. The molecule has 0 saturated heterocycles. The molecule has 2 aromatic heterocycles. The Balaban J connectivity index is 0.00000112. The molecule has 0 aromatic carbocycles. The van der Waals surface area contributed by atoms with E-state index in [0.29, 0.717) is 0 Å². The lowest BCUT2D eigenvalue weighted by Gasteiger charge is -2.03. The van der Waals surface area contributed by atoms with Crippen LogP contribution in [0.2, 0.25) is 0 Å². The lowest BCUT2D eigenvalue weighted by atomic mass is 10.4. The first-order valence-corrected chi connectivity index (χ1v) is 3.95. The number of carbonyl (C=O) groups is 1. The number of rotatable bonds is 2. The summed E-state index contributed by atoms with van der Waals surface area (Å²) in [5.74, 6) is -1.00. The number of nitrogens with zero attached hydrogens (tertiary/aromatic N) is 3. The molecule has 0 fully saturated rings. The van der Waals surface area contributed by atoms with Crippen LogP contribution >= 0.6 is 24.8 Å². The molecule has 0 aliphatic carbocycles. The van der Waals surface area contributed by atoms with Gasteiger partial charge in [-0.2, -0.15) is 0 Å². The maximum absolute atomic E-state index is 10.8. The van der Waals surface area contributed by atoms with Crippen LogP contribution in [0.1, 0.15) is 10.5 Å². The van der Waals surface area contributed by atoms with Crippen molar-refractivity contribution in [2.45, 2.75) is 0 Å². The third-order valence-electron chi connectivity index (χ3n) is 1.80. The Hall–Kier alpha value is -1.59. The minimum absolute atomic E-state index is 0. The Kier molecular flexibility index (Phi) is 5.49. The first-order chi connectivity index (χ1) is 6.79. The summed E-state index contributed by atoms with van der Waals surface area (Å²) < 4.78 is 1.49. The van der Waals surface area contributed by atoms with Crippen LogP contribution in [-0.2, 0) is 0 Å². The molecule has 16 heavy (non-hydrogen) atoms. The predicted molar refractivity (Wildman–Crippen MR) is 62.8 cm³/mol. The van der Waals surface area contributed by atoms with Crippen LogP contribution < -0.4 is 0 Å². The minimum atomic E-state index is -1.00. The average molecular weight is 262 g/mol. The molecule has 0 saturated carbocycles. The molecular formula is C9H9Cl2N3O2. The maximum Gasteiger partial charge on any atom is 0.354 e. The van der Waals surface area contributed by atoms with Crippen molar-refractivity contribution in [3.05, 3.63) is 42.7 Å². The number of aromatic nitrogens is 3. The van der Waals surface area contributed by atoms with Gasteiger partial charge < -0.3 is 5.11 Å². The van der Waals surface area contributed by atoms with Crippen molar-refractivity contribution in [3.8, 4) is 5.69 Å². The van der Waals surface area contributed by atoms with Crippen LogP contribution in [0, 0.1) is 0 Å². The molecule has 2 aromatic rings. The molecule has 0 atom stereocenters. The highest BCUT2D eigenvalue weighted by Gasteiger charge is 2.10. The largest absolute Gasteiger partial charge is 0.477 e. The quantitative estimate of drug-likeness (QED) is 0.896. The van der Waals surface area contributed by atoms with Gasteiger partial charge in [-0.3, -0.25) is 9.55 Å². The molecule has 0 aliphatic heterocycles. The minimum Gasteiger partial charge on any atom is -0.477 e. The zero-order chi connectivity index (χ0) is 9.97. The maximum atomic E-state index is 10.8. The number of halogens is 2. The molecule has 7 heteroatoms. The molecular weight excluding hydrogens is 253 g/mol. The van der Waals surface area contributed by atoms with Crippen molar-refractivity contribution in [3.63, 3.8) is 0 Å². The van der Waals surface area contributed by atoms with E-state index in [9.17, 15) is 4.79 Å². The molecule has 86 valence electrons. The lowest BCUT2D eigenvalue weighted by molar-refractivity contribution is 0.0688. The number of aromatic carboxylic acids is 1. The van der Waals surface area contributed by atoms with E-state index < -0.39 is 5.97 Å². The summed E-state index contributed by atoms with van der Waals surface area (Å²) in [6, 6.07) is 3.43. The first kappa shape index (κ1) is 14.4. The first-order valence-electron chi connectivity index (χ1n) is 3.95. The van der Waals surface area contributed by atoms with Gasteiger partial charge in [-0.05, 0) is 12.1 Å². The third kappa shape index (κ3) is 2.71. The van der Waals surface area contributed by atoms with Crippen molar-refractivity contribution in [2.24, 2.45) is 0 Å². The van der Waals surface area contributed by atoms with Gasteiger partial charge in [0, 0.05) is 12.4 Å². The van der Waals surface area contributed by atoms with E-state index in [4.69, 9.17) is 5.11 Å². The predicted octanol–water partition coefficient (Wildman–Crippen LogP) is 1.81. The van der Waals surface area contributed by atoms with E-state index >= 15 is 0 Å². The summed E-state index contributed by atoms with van der Waals surface area (Å²) in [6.07, 6.45) is 5.96. The lowest BCUT2D eigenvalue weighted by Crippen LogP contribution is -2.05. The summed E-state index contributed by atoms with van der Waals surface area (Å²) in [5.41, 5.74) is 0.867. The van der Waals surface area contributed by atoms with Crippen molar-refractivity contribution in [1.29, 1.82) is 0 Å². The summed E-state index contributed by atoms with van der Waals surface area (Å²) >= 11 is 0. The number of imidazole rings is 1. The van der Waals surface area contributed by atoms with Crippen molar-refractivity contribution in [1.82, 2.24) is 14.5 Å². The highest BCUT2D eigenvalue weighted by molar-refractivity contribution is 5.86. The molecule has 0 aliphatic rings. The highest BCUT2D eigenvalue weighted by Crippen LogP contribution is 2.09.